The van der Waals surface area contributed by atoms with Gasteiger partial charge in [-0.15, -0.1) is 0 Å². The standard InChI is InChI=1S/C9H12N2O5/c1-11(14,15)10-7-4-3-6(9(12)13)5-8(7)16-2/h3-5,10,14-15H,1-2H3/p+1. The second kappa shape index (κ2) is 4.35. The number of nitrogens with one attached hydrogen (secondary N) is 1. The summed E-state index contributed by atoms with van der Waals surface area (Å²) in [6.45, 7) is 0. The number of rotatable bonds is 4. The average Bonchev–Trinajstić information content (AvgIpc) is 2.15. The number of carboxylic acids is 1. The Kier molecular flexibility index (Phi) is 3.33. The third-order valence-electron chi connectivity index (χ3n) is 1.78. The number of carboxylic acid groups (broad SMARTS) is 1. The summed E-state index contributed by atoms with van der Waals surface area (Å²) in [5, 5.41) is 26.9. The lowest BCUT2D eigenvalue weighted by atomic mass is 10.2. The molecule has 0 atom stereocenters. The van der Waals surface area contributed by atoms with E-state index in [0.29, 0.717) is 0 Å². The second-order valence-corrected chi connectivity index (χ2v) is 3.25. The van der Waals surface area contributed by atoms with Crippen LogP contribution in [0.15, 0.2) is 18.2 Å². The Morgan fingerprint density at radius 3 is 2.50 bits per heavy atom. The molecule has 0 fully saturated rings. The fraction of sp³-hybridized carbons (Fsp3) is 0.222. The molecule has 0 aliphatic heterocycles. The Labute approximate surface area is 91.6 Å². The number of methoxy groups -OCH3 is 1. The Bertz CT molecular complexity index is 399. The van der Waals surface area contributed by atoms with Crippen molar-refractivity contribution in [3.63, 3.8) is 0 Å². The van der Waals surface area contributed by atoms with E-state index in [4.69, 9.17) is 20.3 Å². The first-order valence-electron chi connectivity index (χ1n) is 4.35. The molecule has 0 aliphatic rings. The molecule has 4 N–H and O–H groups in total. The number of hydroxylamine groups is 2. The zero-order chi connectivity index (χ0) is 12.3. The maximum absolute atomic E-state index is 10.7. The minimum absolute atomic E-state index is 0.0486. The van der Waals surface area contributed by atoms with Crippen LogP contribution in [0.3, 0.4) is 0 Å². The van der Waals surface area contributed by atoms with E-state index < -0.39 is 10.9 Å². The van der Waals surface area contributed by atoms with Crippen LogP contribution in [0.2, 0.25) is 0 Å². The van der Waals surface area contributed by atoms with E-state index in [9.17, 15) is 4.79 Å². The van der Waals surface area contributed by atoms with Gasteiger partial charge in [-0.3, -0.25) is 0 Å². The lowest BCUT2D eigenvalue weighted by Gasteiger charge is -2.18. The third-order valence-corrected chi connectivity index (χ3v) is 1.78. The number of hydrogen-bond acceptors (Lipinski definition) is 5. The van der Waals surface area contributed by atoms with Crippen molar-refractivity contribution < 1.29 is 30.0 Å². The predicted molar refractivity (Wildman–Crippen MR) is 53.3 cm³/mol. The zero-order valence-electron chi connectivity index (χ0n) is 8.84. The Hall–Kier alpha value is -1.83. The summed E-state index contributed by atoms with van der Waals surface area (Å²) in [6, 6.07) is 3.98. The summed E-state index contributed by atoms with van der Waals surface area (Å²) in [5.41, 5.74) is 2.61. The van der Waals surface area contributed by atoms with E-state index in [0.717, 1.165) is 7.05 Å². The first kappa shape index (κ1) is 12.2. The number of ether oxygens (including phenoxy) is 1. The topological polar surface area (TPSA) is 99.0 Å². The summed E-state index contributed by atoms with van der Waals surface area (Å²) >= 11 is 0. The largest absolute Gasteiger partial charge is 0.494 e. The number of carbonyl (C=O) groups is 1. The minimum atomic E-state index is -1.48. The van der Waals surface area contributed by atoms with E-state index in [2.05, 4.69) is 5.43 Å². The number of quaternary nitrogens is 1. The van der Waals surface area contributed by atoms with Crippen molar-refractivity contribution >= 4 is 11.7 Å². The molecule has 0 unspecified atom stereocenters. The molecule has 0 aromatic heterocycles. The van der Waals surface area contributed by atoms with Gasteiger partial charge in [0.15, 0.2) is 7.05 Å². The Balaban J connectivity index is 3.07. The van der Waals surface area contributed by atoms with Crippen molar-refractivity contribution in [1.29, 1.82) is 0 Å². The molecule has 7 nitrogen and oxygen atoms in total. The van der Waals surface area contributed by atoms with Crippen molar-refractivity contribution in [2.75, 3.05) is 19.6 Å². The fourth-order valence-electron chi connectivity index (χ4n) is 1.14. The van der Waals surface area contributed by atoms with Crippen molar-refractivity contribution in [3.8, 4) is 5.75 Å². The van der Waals surface area contributed by atoms with Gasteiger partial charge in [0.05, 0.1) is 12.7 Å². The molecule has 1 aromatic carbocycles. The van der Waals surface area contributed by atoms with E-state index in [1.807, 2.05) is 0 Å². The van der Waals surface area contributed by atoms with Gasteiger partial charge in [-0.1, -0.05) is 0 Å². The maximum Gasteiger partial charge on any atom is 0.335 e. The summed E-state index contributed by atoms with van der Waals surface area (Å²) in [4.78, 5) is 9.20. The van der Waals surface area contributed by atoms with E-state index in [1.165, 1.54) is 25.3 Å². The molecule has 0 heterocycles. The van der Waals surface area contributed by atoms with Gasteiger partial charge in [0.2, 0.25) is 0 Å². The molecule has 0 radical (unpaired) electrons. The van der Waals surface area contributed by atoms with Crippen LogP contribution < -0.4 is 10.2 Å². The summed E-state index contributed by atoms with van der Waals surface area (Å²) in [6.07, 6.45) is 0. The number of aromatic carboxylic acids is 1. The van der Waals surface area contributed by atoms with Crippen LogP contribution >= 0.6 is 0 Å². The van der Waals surface area contributed by atoms with Gasteiger partial charge in [-0.2, -0.15) is 15.8 Å². The van der Waals surface area contributed by atoms with Crippen LogP contribution in [0.5, 0.6) is 5.75 Å². The van der Waals surface area contributed by atoms with Gasteiger partial charge in [0.1, 0.15) is 11.4 Å². The monoisotopic (exact) mass is 229 g/mol. The fourth-order valence-corrected chi connectivity index (χ4v) is 1.14. The van der Waals surface area contributed by atoms with Crippen LogP contribution in [0.1, 0.15) is 10.4 Å². The smallest absolute Gasteiger partial charge is 0.335 e. The molecule has 1 aromatic rings. The molecule has 88 valence electrons. The maximum atomic E-state index is 10.7. The first-order chi connectivity index (χ1) is 7.33. The van der Waals surface area contributed by atoms with Crippen molar-refractivity contribution in [1.82, 2.24) is 0 Å². The Morgan fingerprint density at radius 2 is 2.06 bits per heavy atom. The van der Waals surface area contributed by atoms with Crippen molar-refractivity contribution in [3.05, 3.63) is 23.8 Å². The lowest BCUT2D eigenvalue weighted by molar-refractivity contribution is -1.22. The average molecular weight is 229 g/mol. The quantitative estimate of drug-likeness (QED) is 0.453. The summed E-state index contributed by atoms with van der Waals surface area (Å²) in [7, 11) is 2.43. The van der Waals surface area contributed by atoms with Gasteiger partial charge in [0, 0.05) is 4.92 Å². The van der Waals surface area contributed by atoms with Gasteiger partial charge in [-0.05, 0) is 18.2 Å². The van der Waals surface area contributed by atoms with Crippen molar-refractivity contribution in [2.24, 2.45) is 0 Å². The second-order valence-electron chi connectivity index (χ2n) is 3.25. The van der Waals surface area contributed by atoms with E-state index in [1.54, 1.807) is 0 Å². The van der Waals surface area contributed by atoms with Crippen LogP contribution in [0.25, 0.3) is 0 Å². The number of hydrogen-bond donors (Lipinski definition) is 4. The Morgan fingerprint density at radius 1 is 1.44 bits per heavy atom. The molecule has 0 spiro atoms. The molecule has 0 amide bonds. The molecule has 0 bridgehead atoms. The molecule has 1 rings (SSSR count). The summed E-state index contributed by atoms with van der Waals surface area (Å²) < 4.78 is 4.92. The zero-order valence-corrected chi connectivity index (χ0v) is 8.84. The molecular formula is C9H13N2O5+. The highest BCUT2D eigenvalue weighted by Gasteiger charge is 2.18. The highest BCUT2D eigenvalue weighted by atomic mass is 16.9. The predicted octanol–water partition coefficient (Wildman–Crippen LogP) is 0.945. The highest BCUT2D eigenvalue weighted by molar-refractivity contribution is 5.89. The van der Waals surface area contributed by atoms with Gasteiger partial charge in [0.25, 0.3) is 0 Å². The lowest BCUT2D eigenvalue weighted by Crippen LogP contribution is -2.42. The van der Waals surface area contributed by atoms with E-state index in [-0.39, 0.29) is 17.0 Å². The number of nitrogens with zero attached hydrogens (tertiary/aromatic N) is 1. The first-order valence-corrected chi connectivity index (χ1v) is 4.35. The van der Waals surface area contributed by atoms with Crippen LogP contribution in [-0.2, 0) is 0 Å². The van der Waals surface area contributed by atoms with Gasteiger partial charge in [-0.25, -0.2) is 4.79 Å². The normalized spacial score (nSPS) is 11.0. The van der Waals surface area contributed by atoms with Crippen molar-refractivity contribution in [2.45, 2.75) is 0 Å². The number of benzene rings is 1. The molecule has 7 heteroatoms. The van der Waals surface area contributed by atoms with E-state index >= 15 is 0 Å². The van der Waals surface area contributed by atoms with Crippen LogP contribution in [-0.4, -0.2) is 40.6 Å². The van der Waals surface area contributed by atoms with Crippen LogP contribution in [0.4, 0.5) is 5.69 Å². The third kappa shape index (κ3) is 3.09. The summed E-state index contributed by atoms with van der Waals surface area (Å²) in [5.74, 6) is -0.887. The molecule has 0 saturated heterocycles. The van der Waals surface area contributed by atoms with Gasteiger partial charge >= 0.3 is 5.97 Å². The SMILES string of the molecule is COc1cc(C(=O)O)ccc1N[N+](C)(O)O. The van der Waals surface area contributed by atoms with Crippen LogP contribution in [0, 0.1) is 0 Å². The molecule has 0 aliphatic carbocycles. The molecule has 16 heavy (non-hydrogen) atoms. The number of anilines is 1. The molecular weight excluding hydrogens is 216 g/mol. The minimum Gasteiger partial charge on any atom is -0.494 e. The molecule has 0 saturated carbocycles. The highest BCUT2D eigenvalue weighted by Crippen LogP contribution is 2.26. The van der Waals surface area contributed by atoms with Gasteiger partial charge < -0.3 is 9.84 Å².